The van der Waals surface area contributed by atoms with E-state index in [2.05, 4.69) is 15.4 Å². The Morgan fingerprint density at radius 2 is 1.71 bits per heavy atom. The van der Waals surface area contributed by atoms with Gasteiger partial charge in [0.15, 0.2) is 0 Å². The zero-order valence-electron chi connectivity index (χ0n) is 17.9. The number of ether oxygens (including phenoxy) is 3. The van der Waals surface area contributed by atoms with Crippen molar-refractivity contribution in [1.82, 2.24) is 0 Å². The van der Waals surface area contributed by atoms with E-state index in [4.69, 9.17) is 9.47 Å². The molecule has 0 aliphatic carbocycles. The second kappa shape index (κ2) is 11.4. The Bertz CT molecular complexity index is 956. The van der Waals surface area contributed by atoms with Gasteiger partial charge in [0, 0.05) is 6.04 Å². The first-order valence-electron chi connectivity index (χ1n) is 9.67. The number of carbonyl (C=O) groups is 3. The Morgan fingerprint density at radius 1 is 1.00 bits per heavy atom. The lowest BCUT2D eigenvalue weighted by Crippen LogP contribution is -2.17. The van der Waals surface area contributed by atoms with Gasteiger partial charge in [-0.2, -0.15) is 0 Å². The Balaban J connectivity index is 2.45. The molecule has 0 aliphatic heterocycles. The van der Waals surface area contributed by atoms with Gasteiger partial charge in [0.05, 0.1) is 43.8 Å². The highest BCUT2D eigenvalue weighted by Gasteiger charge is 2.18. The number of methoxy groups -OCH3 is 2. The van der Waals surface area contributed by atoms with Crippen LogP contribution in [-0.2, 0) is 23.8 Å². The molecule has 31 heavy (non-hydrogen) atoms. The topological polar surface area (TPSA) is 103 Å². The van der Waals surface area contributed by atoms with Gasteiger partial charge in [0.25, 0.3) is 0 Å². The molecule has 2 aromatic carbocycles. The van der Waals surface area contributed by atoms with Gasteiger partial charge < -0.3 is 24.8 Å². The van der Waals surface area contributed by atoms with Gasteiger partial charge in [-0.05, 0) is 37.6 Å². The zero-order valence-corrected chi connectivity index (χ0v) is 17.9. The van der Waals surface area contributed by atoms with Crippen molar-refractivity contribution in [2.75, 3.05) is 31.5 Å². The molecule has 0 bridgehead atoms. The number of carbonyl (C=O) groups excluding carboxylic acids is 3. The zero-order chi connectivity index (χ0) is 22.8. The van der Waals surface area contributed by atoms with Crippen molar-refractivity contribution in [3.05, 3.63) is 71.4 Å². The second-order valence-electron chi connectivity index (χ2n) is 6.46. The summed E-state index contributed by atoms with van der Waals surface area (Å²) in [5, 5.41) is 6.22. The van der Waals surface area contributed by atoms with Crippen LogP contribution < -0.4 is 10.6 Å². The number of hydrogen-bond donors (Lipinski definition) is 2. The molecule has 0 aromatic heterocycles. The van der Waals surface area contributed by atoms with Crippen molar-refractivity contribution < 1.29 is 28.6 Å². The van der Waals surface area contributed by atoms with Crippen molar-refractivity contribution in [3.8, 4) is 0 Å². The fourth-order valence-electron chi connectivity index (χ4n) is 2.75. The molecule has 0 spiro atoms. The Labute approximate surface area is 181 Å². The first-order chi connectivity index (χ1) is 14.9. The molecule has 2 aromatic rings. The molecule has 0 radical (unpaired) electrons. The third-order valence-corrected chi connectivity index (χ3v) is 4.34. The summed E-state index contributed by atoms with van der Waals surface area (Å²) in [5.41, 5.74) is 2.16. The van der Waals surface area contributed by atoms with Gasteiger partial charge >= 0.3 is 17.9 Å². The minimum Gasteiger partial charge on any atom is -0.466 e. The van der Waals surface area contributed by atoms with Crippen LogP contribution in [0.1, 0.15) is 35.8 Å². The van der Waals surface area contributed by atoms with Gasteiger partial charge in [-0.15, -0.1) is 0 Å². The fraction of sp³-hybridized carbons (Fsp3) is 0.261. The van der Waals surface area contributed by atoms with Crippen LogP contribution in [0.3, 0.4) is 0 Å². The normalized spacial score (nSPS) is 11.8. The number of anilines is 2. The summed E-state index contributed by atoms with van der Waals surface area (Å²) in [7, 11) is 2.39. The highest BCUT2D eigenvalue weighted by atomic mass is 16.5. The number of hydrogen-bond acceptors (Lipinski definition) is 8. The van der Waals surface area contributed by atoms with E-state index < -0.39 is 17.9 Å². The monoisotopic (exact) mass is 426 g/mol. The van der Waals surface area contributed by atoms with Gasteiger partial charge in [0.1, 0.15) is 5.70 Å². The summed E-state index contributed by atoms with van der Waals surface area (Å²) in [4.78, 5) is 36.1. The fourth-order valence-corrected chi connectivity index (χ4v) is 2.75. The predicted octanol–water partition coefficient (Wildman–Crippen LogP) is 3.68. The Morgan fingerprint density at radius 3 is 2.32 bits per heavy atom. The van der Waals surface area contributed by atoms with E-state index in [1.807, 2.05) is 37.3 Å². The van der Waals surface area contributed by atoms with Crippen molar-refractivity contribution in [3.63, 3.8) is 0 Å². The van der Waals surface area contributed by atoms with E-state index in [1.54, 1.807) is 19.1 Å². The lowest BCUT2D eigenvalue weighted by atomic mass is 10.1. The Hall–Kier alpha value is -3.81. The molecular weight excluding hydrogens is 400 g/mol. The summed E-state index contributed by atoms with van der Waals surface area (Å²) < 4.78 is 14.4. The summed E-state index contributed by atoms with van der Waals surface area (Å²) in [6.45, 7) is 3.91. The lowest BCUT2D eigenvalue weighted by molar-refractivity contribution is -0.138. The molecule has 2 rings (SSSR count). The van der Waals surface area contributed by atoms with E-state index >= 15 is 0 Å². The molecule has 0 fully saturated rings. The van der Waals surface area contributed by atoms with Crippen molar-refractivity contribution in [1.29, 1.82) is 0 Å². The molecule has 0 saturated carbocycles. The largest absolute Gasteiger partial charge is 0.466 e. The van der Waals surface area contributed by atoms with E-state index in [9.17, 15) is 14.4 Å². The van der Waals surface area contributed by atoms with Crippen molar-refractivity contribution >= 4 is 29.3 Å². The standard InChI is InChI=1S/C23H26N2O6/c1-5-31-22(27)17-11-12-18(24-15(2)16-9-7-6-8-10-16)19(13-17)25-20(23(28)30-4)14-21(26)29-3/h6-15,24-25H,5H2,1-4H3/b20-14+. The third-order valence-electron chi connectivity index (χ3n) is 4.34. The van der Waals surface area contributed by atoms with Gasteiger partial charge in [-0.25, -0.2) is 14.4 Å². The molecule has 2 N–H and O–H groups in total. The molecule has 0 saturated heterocycles. The highest BCUT2D eigenvalue weighted by Crippen LogP contribution is 2.29. The maximum Gasteiger partial charge on any atom is 0.354 e. The van der Waals surface area contributed by atoms with Crippen LogP contribution in [0.2, 0.25) is 0 Å². The quantitative estimate of drug-likeness (QED) is 0.356. The predicted molar refractivity (Wildman–Crippen MR) is 117 cm³/mol. The highest BCUT2D eigenvalue weighted by molar-refractivity contribution is 6.00. The summed E-state index contributed by atoms with van der Waals surface area (Å²) in [6.07, 6.45) is 0.979. The average molecular weight is 426 g/mol. The van der Waals surface area contributed by atoms with Crippen LogP contribution in [0.4, 0.5) is 11.4 Å². The smallest absolute Gasteiger partial charge is 0.354 e. The Kier molecular flexibility index (Phi) is 8.63. The van der Waals surface area contributed by atoms with Crippen molar-refractivity contribution in [2.45, 2.75) is 19.9 Å². The first-order valence-corrected chi connectivity index (χ1v) is 9.67. The first kappa shape index (κ1) is 23.5. The van der Waals surface area contributed by atoms with E-state index in [0.717, 1.165) is 11.6 Å². The van der Waals surface area contributed by atoms with Gasteiger partial charge in [-0.1, -0.05) is 30.3 Å². The molecule has 0 aliphatic rings. The molecule has 0 heterocycles. The van der Waals surface area contributed by atoms with Gasteiger partial charge in [0.2, 0.25) is 0 Å². The van der Waals surface area contributed by atoms with Crippen LogP contribution in [0, 0.1) is 0 Å². The van der Waals surface area contributed by atoms with Crippen LogP contribution >= 0.6 is 0 Å². The molecule has 0 amide bonds. The molecule has 1 unspecified atom stereocenters. The third kappa shape index (κ3) is 6.60. The van der Waals surface area contributed by atoms with E-state index in [0.29, 0.717) is 11.4 Å². The second-order valence-corrected chi connectivity index (χ2v) is 6.46. The summed E-state index contributed by atoms with van der Waals surface area (Å²) in [6, 6.07) is 14.5. The summed E-state index contributed by atoms with van der Waals surface area (Å²) >= 11 is 0. The maximum absolute atomic E-state index is 12.2. The number of rotatable bonds is 9. The number of benzene rings is 2. The molecule has 164 valence electrons. The molecule has 8 nitrogen and oxygen atoms in total. The SMILES string of the molecule is CCOC(=O)c1ccc(NC(C)c2ccccc2)c(N/C(=C/C(=O)OC)C(=O)OC)c1. The van der Waals surface area contributed by atoms with Gasteiger partial charge in [-0.3, -0.25) is 0 Å². The lowest BCUT2D eigenvalue weighted by Gasteiger charge is -2.20. The van der Waals surface area contributed by atoms with Crippen LogP contribution in [-0.4, -0.2) is 38.7 Å². The number of esters is 3. The van der Waals surface area contributed by atoms with Crippen LogP contribution in [0.15, 0.2) is 60.3 Å². The average Bonchev–Trinajstić information content (AvgIpc) is 2.79. The van der Waals surface area contributed by atoms with E-state index in [1.165, 1.54) is 20.3 Å². The molecule has 1 atom stereocenters. The number of nitrogens with one attached hydrogen (secondary N) is 2. The molecule has 8 heteroatoms. The van der Waals surface area contributed by atoms with Crippen LogP contribution in [0.25, 0.3) is 0 Å². The van der Waals surface area contributed by atoms with Crippen LogP contribution in [0.5, 0.6) is 0 Å². The minimum absolute atomic E-state index is 0.0821. The minimum atomic E-state index is -0.769. The molecular formula is C23H26N2O6. The summed E-state index contributed by atoms with van der Waals surface area (Å²) in [5.74, 6) is -2.01. The van der Waals surface area contributed by atoms with Crippen molar-refractivity contribution in [2.24, 2.45) is 0 Å². The van der Waals surface area contributed by atoms with E-state index in [-0.39, 0.29) is 23.9 Å². The maximum atomic E-state index is 12.2.